The van der Waals surface area contributed by atoms with Gasteiger partial charge in [0.1, 0.15) is 5.75 Å². The van der Waals surface area contributed by atoms with E-state index in [0.29, 0.717) is 12.0 Å². The van der Waals surface area contributed by atoms with Crippen molar-refractivity contribution in [3.8, 4) is 5.75 Å². The van der Waals surface area contributed by atoms with Gasteiger partial charge in [-0.05, 0) is 50.0 Å². The fourth-order valence-electron chi connectivity index (χ4n) is 2.65. The molecule has 0 bridgehead atoms. The number of hydrogen-bond donors (Lipinski definition) is 1. The number of nitrogens with one attached hydrogen (secondary N) is 1. The highest BCUT2D eigenvalue weighted by Gasteiger charge is 2.18. The minimum Gasteiger partial charge on any atom is -0.493 e. The average Bonchev–Trinajstić information content (AvgIpc) is 2.47. The van der Waals surface area contributed by atoms with Crippen LogP contribution in [-0.4, -0.2) is 37.7 Å². The minimum atomic E-state index is 0. The third kappa shape index (κ3) is 6.25. The van der Waals surface area contributed by atoms with E-state index < -0.39 is 0 Å². The minimum absolute atomic E-state index is 0. The second-order valence-corrected chi connectivity index (χ2v) is 6.21. The van der Waals surface area contributed by atoms with Crippen molar-refractivity contribution in [2.24, 2.45) is 5.92 Å². The molecule has 1 aromatic rings. The lowest BCUT2D eigenvalue weighted by Crippen LogP contribution is -2.43. The number of likely N-dealkylation sites (tertiary alicyclic amines) is 1. The zero-order valence-electron chi connectivity index (χ0n) is 13.5. The predicted octanol–water partition coefficient (Wildman–Crippen LogP) is 3.33. The van der Waals surface area contributed by atoms with Crippen LogP contribution in [0.4, 0.5) is 0 Å². The average molecular weight is 313 g/mol. The number of nitrogens with zero attached hydrogens (tertiary/aromatic N) is 1. The van der Waals surface area contributed by atoms with E-state index >= 15 is 0 Å². The van der Waals surface area contributed by atoms with E-state index in [1.165, 1.54) is 24.9 Å². The van der Waals surface area contributed by atoms with Crippen molar-refractivity contribution >= 4 is 12.4 Å². The number of likely N-dealkylation sites (N-methyl/N-ethyl adjacent to an activating group) is 1. The van der Waals surface area contributed by atoms with Gasteiger partial charge in [-0.15, -0.1) is 12.4 Å². The van der Waals surface area contributed by atoms with Crippen LogP contribution < -0.4 is 10.1 Å². The molecule has 3 nitrogen and oxygen atoms in total. The van der Waals surface area contributed by atoms with Gasteiger partial charge in [-0.3, -0.25) is 4.90 Å². The van der Waals surface area contributed by atoms with Crippen LogP contribution in [0, 0.1) is 5.92 Å². The van der Waals surface area contributed by atoms with Gasteiger partial charge < -0.3 is 10.1 Å². The molecule has 1 aromatic carbocycles. The molecule has 0 aromatic heterocycles. The normalized spacial score (nSPS) is 19.3. The number of piperidine rings is 1. The molecule has 120 valence electrons. The van der Waals surface area contributed by atoms with E-state index in [9.17, 15) is 0 Å². The summed E-state index contributed by atoms with van der Waals surface area (Å²) in [7, 11) is 2.06. The van der Waals surface area contributed by atoms with Crippen molar-refractivity contribution < 1.29 is 4.74 Å². The lowest BCUT2D eigenvalue weighted by Gasteiger charge is -2.32. The first-order valence-electron chi connectivity index (χ1n) is 7.78. The summed E-state index contributed by atoms with van der Waals surface area (Å²) in [4.78, 5) is 2.54. The van der Waals surface area contributed by atoms with Crippen LogP contribution in [0.3, 0.4) is 0 Å². The molecule has 1 N–H and O–H groups in total. The smallest absolute Gasteiger partial charge is 0.119 e. The lowest BCUT2D eigenvalue weighted by atomic mass is 10.1. The molecule has 1 unspecified atom stereocenters. The van der Waals surface area contributed by atoms with E-state index in [2.05, 4.69) is 55.4 Å². The van der Waals surface area contributed by atoms with Crippen molar-refractivity contribution in [1.82, 2.24) is 10.2 Å². The van der Waals surface area contributed by atoms with E-state index in [0.717, 1.165) is 25.4 Å². The Labute approximate surface area is 135 Å². The molecule has 0 radical (unpaired) electrons. The Morgan fingerprint density at radius 1 is 1.29 bits per heavy atom. The van der Waals surface area contributed by atoms with Crippen molar-refractivity contribution in [1.29, 1.82) is 0 Å². The Hall–Kier alpha value is -0.770. The predicted molar refractivity (Wildman–Crippen MR) is 91.4 cm³/mol. The van der Waals surface area contributed by atoms with Gasteiger partial charge in [0, 0.05) is 19.1 Å². The zero-order chi connectivity index (χ0) is 14.4. The number of benzene rings is 1. The highest BCUT2D eigenvalue weighted by molar-refractivity contribution is 5.85. The molecule has 21 heavy (non-hydrogen) atoms. The Morgan fingerprint density at radius 3 is 2.62 bits per heavy atom. The molecule has 0 aliphatic carbocycles. The van der Waals surface area contributed by atoms with E-state index in [1.807, 2.05) is 0 Å². The maximum Gasteiger partial charge on any atom is 0.119 e. The maximum absolute atomic E-state index is 5.72. The molecule has 2 rings (SSSR count). The molecule has 4 heteroatoms. The van der Waals surface area contributed by atoms with Crippen LogP contribution in [-0.2, 0) is 6.54 Å². The summed E-state index contributed by atoms with van der Waals surface area (Å²) in [6, 6.07) is 9.23. The summed E-state index contributed by atoms with van der Waals surface area (Å²) >= 11 is 0. The molecule has 1 atom stereocenters. The van der Waals surface area contributed by atoms with E-state index in [-0.39, 0.29) is 12.4 Å². The number of ether oxygens (including phenoxy) is 1. The van der Waals surface area contributed by atoms with Crippen LogP contribution in [0.25, 0.3) is 0 Å². The van der Waals surface area contributed by atoms with Crippen molar-refractivity contribution in [2.45, 2.75) is 39.3 Å². The van der Waals surface area contributed by atoms with Crippen molar-refractivity contribution in [2.75, 3.05) is 26.7 Å². The zero-order valence-corrected chi connectivity index (χ0v) is 14.3. The van der Waals surface area contributed by atoms with E-state index in [1.54, 1.807) is 0 Å². The molecule has 1 aliphatic heterocycles. The van der Waals surface area contributed by atoms with Gasteiger partial charge in [0.2, 0.25) is 0 Å². The number of hydrogen-bond acceptors (Lipinski definition) is 3. The topological polar surface area (TPSA) is 24.5 Å². The first-order chi connectivity index (χ1) is 9.67. The molecule has 1 fully saturated rings. The Balaban J connectivity index is 0.00000220. The Bertz CT molecular complexity index is 394. The van der Waals surface area contributed by atoms with Crippen LogP contribution in [0.15, 0.2) is 24.3 Å². The first-order valence-corrected chi connectivity index (χ1v) is 7.78. The second-order valence-electron chi connectivity index (χ2n) is 6.21. The van der Waals surface area contributed by atoms with Crippen LogP contribution in [0.2, 0.25) is 0 Å². The molecule has 0 amide bonds. The summed E-state index contributed by atoms with van der Waals surface area (Å²) in [5.41, 5.74) is 1.37. The SMILES string of the molecule is CNC1CCCN(Cc2ccc(OCC(C)C)cc2)C1.Cl. The summed E-state index contributed by atoms with van der Waals surface area (Å²) in [5, 5.41) is 3.39. The maximum atomic E-state index is 5.72. The van der Waals surface area contributed by atoms with E-state index in [4.69, 9.17) is 4.74 Å². The van der Waals surface area contributed by atoms with Crippen LogP contribution >= 0.6 is 12.4 Å². The third-order valence-electron chi connectivity index (χ3n) is 3.83. The van der Waals surface area contributed by atoms with Crippen LogP contribution in [0.1, 0.15) is 32.3 Å². The summed E-state index contributed by atoms with van der Waals surface area (Å²) in [5.74, 6) is 1.55. The standard InChI is InChI=1S/C17H28N2O.ClH/c1-14(2)13-20-17-8-6-15(7-9-17)11-19-10-4-5-16(12-19)18-3;/h6-9,14,16,18H,4-5,10-13H2,1-3H3;1H. The van der Waals surface area contributed by atoms with Gasteiger partial charge in [0.15, 0.2) is 0 Å². The van der Waals surface area contributed by atoms with Crippen LogP contribution in [0.5, 0.6) is 5.75 Å². The summed E-state index contributed by atoms with van der Waals surface area (Å²) < 4.78 is 5.72. The van der Waals surface area contributed by atoms with Gasteiger partial charge in [0.05, 0.1) is 6.61 Å². The fraction of sp³-hybridized carbons (Fsp3) is 0.647. The molecular formula is C17H29ClN2O. The highest BCUT2D eigenvalue weighted by atomic mass is 35.5. The largest absolute Gasteiger partial charge is 0.493 e. The quantitative estimate of drug-likeness (QED) is 0.872. The monoisotopic (exact) mass is 312 g/mol. The Kier molecular flexibility index (Phi) is 8.09. The van der Waals surface area contributed by atoms with Gasteiger partial charge in [-0.2, -0.15) is 0 Å². The fourth-order valence-corrected chi connectivity index (χ4v) is 2.65. The lowest BCUT2D eigenvalue weighted by molar-refractivity contribution is 0.188. The van der Waals surface area contributed by atoms with Gasteiger partial charge in [-0.1, -0.05) is 26.0 Å². The summed E-state index contributed by atoms with van der Waals surface area (Å²) in [6.45, 7) is 8.54. The molecule has 0 spiro atoms. The molecule has 1 saturated heterocycles. The summed E-state index contributed by atoms with van der Waals surface area (Å²) in [6.07, 6.45) is 2.59. The third-order valence-corrected chi connectivity index (χ3v) is 3.83. The van der Waals surface area contributed by atoms with Gasteiger partial charge in [-0.25, -0.2) is 0 Å². The highest BCUT2D eigenvalue weighted by Crippen LogP contribution is 2.17. The molecule has 1 heterocycles. The van der Waals surface area contributed by atoms with Crippen molar-refractivity contribution in [3.05, 3.63) is 29.8 Å². The number of rotatable bonds is 6. The molecular weight excluding hydrogens is 284 g/mol. The molecule has 0 saturated carbocycles. The van der Waals surface area contributed by atoms with Gasteiger partial charge >= 0.3 is 0 Å². The number of halogens is 1. The first kappa shape index (κ1) is 18.3. The second kappa shape index (κ2) is 9.29. The molecule has 1 aliphatic rings. The van der Waals surface area contributed by atoms with Gasteiger partial charge in [0.25, 0.3) is 0 Å². The van der Waals surface area contributed by atoms with Crippen molar-refractivity contribution in [3.63, 3.8) is 0 Å². The Morgan fingerprint density at radius 2 is 2.00 bits per heavy atom.